The van der Waals surface area contributed by atoms with Crippen LogP contribution in [-0.4, -0.2) is 23.8 Å². The van der Waals surface area contributed by atoms with Gasteiger partial charge < -0.3 is 15.7 Å². The molecule has 3 N–H and O–H groups in total. The van der Waals surface area contributed by atoms with Gasteiger partial charge in [-0.2, -0.15) is 0 Å². The molecule has 0 heterocycles. The maximum absolute atomic E-state index is 11.6. The summed E-state index contributed by atoms with van der Waals surface area (Å²) < 4.78 is 0. The Bertz CT molecular complexity index is 425. The topological polar surface area (TPSA) is 61.4 Å². The Morgan fingerprint density at radius 2 is 2.06 bits per heavy atom. The standard InChI is InChI=1S/C12H16Cl2N2O2/c1-7(2)11(17)6-15-12(18)16-10-5-8(13)3-4-9(10)14/h3-5,7,11,17H,6H2,1-2H3,(H2,15,16,18). The van der Waals surface area contributed by atoms with Crippen LogP contribution in [0.1, 0.15) is 13.8 Å². The molecule has 0 saturated carbocycles. The molecule has 6 heteroatoms. The van der Waals surface area contributed by atoms with Gasteiger partial charge in [0.15, 0.2) is 0 Å². The van der Waals surface area contributed by atoms with Crippen molar-refractivity contribution < 1.29 is 9.90 Å². The number of halogens is 2. The molecule has 0 radical (unpaired) electrons. The number of hydrogen-bond acceptors (Lipinski definition) is 2. The van der Waals surface area contributed by atoms with E-state index in [4.69, 9.17) is 23.2 Å². The number of rotatable bonds is 4. The molecule has 18 heavy (non-hydrogen) atoms. The molecule has 100 valence electrons. The molecular formula is C12H16Cl2N2O2. The van der Waals surface area contributed by atoms with Crippen LogP contribution < -0.4 is 10.6 Å². The number of urea groups is 1. The lowest BCUT2D eigenvalue weighted by molar-refractivity contribution is 0.126. The molecule has 1 atom stereocenters. The van der Waals surface area contributed by atoms with Gasteiger partial charge in [-0.1, -0.05) is 37.0 Å². The summed E-state index contributed by atoms with van der Waals surface area (Å²) in [5, 5.41) is 15.6. The molecule has 0 aliphatic heterocycles. The third kappa shape index (κ3) is 4.72. The van der Waals surface area contributed by atoms with Gasteiger partial charge in [0.1, 0.15) is 0 Å². The Balaban J connectivity index is 2.52. The van der Waals surface area contributed by atoms with Gasteiger partial charge in [0.05, 0.1) is 16.8 Å². The number of aliphatic hydroxyl groups excluding tert-OH is 1. The molecule has 0 aliphatic rings. The minimum absolute atomic E-state index is 0.0834. The molecule has 0 saturated heterocycles. The van der Waals surface area contributed by atoms with E-state index >= 15 is 0 Å². The number of carbonyl (C=O) groups excluding carboxylic acids is 1. The van der Waals surface area contributed by atoms with Crippen LogP contribution in [0.25, 0.3) is 0 Å². The molecule has 1 aromatic rings. The second-order valence-electron chi connectivity index (χ2n) is 4.27. The summed E-state index contributed by atoms with van der Waals surface area (Å²) in [6.45, 7) is 3.93. The molecule has 0 aromatic heterocycles. The fraction of sp³-hybridized carbons (Fsp3) is 0.417. The van der Waals surface area contributed by atoms with Gasteiger partial charge in [0.25, 0.3) is 0 Å². The molecule has 2 amide bonds. The van der Waals surface area contributed by atoms with Crippen molar-refractivity contribution in [2.45, 2.75) is 20.0 Å². The summed E-state index contributed by atoms with van der Waals surface area (Å²) in [6.07, 6.45) is -0.578. The quantitative estimate of drug-likeness (QED) is 0.798. The van der Waals surface area contributed by atoms with Crippen LogP contribution in [0.4, 0.5) is 10.5 Å². The molecular weight excluding hydrogens is 275 g/mol. The van der Waals surface area contributed by atoms with Crippen LogP contribution in [0.5, 0.6) is 0 Å². The van der Waals surface area contributed by atoms with Crippen molar-refractivity contribution in [1.82, 2.24) is 5.32 Å². The Morgan fingerprint density at radius 3 is 2.67 bits per heavy atom. The Morgan fingerprint density at radius 1 is 1.39 bits per heavy atom. The van der Waals surface area contributed by atoms with E-state index in [-0.39, 0.29) is 12.5 Å². The van der Waals surface area contributed by atoms with E-state index in [0.29, 0.717) is 15.7 Å². The SMILES string of the molecule is CC(C)C(O)CNC(=O)Nc1cc(Cl)ccc1Cl. The van der Waals surface area contributed by atoms with Gasteiger partial charge in [0, 0.05) is 11.6 Å². The molecule has 1 aromatic carbocycles. The van der Waals surface area contributed by atoms with E-state index in [0.717, 1.165) is 0 Å². The maximum Gasteiger partial charge on any atom is 0.319 e. The average Bonchev–Trinajstić information content (AvgIpc) is 2.30. The number of carbonyl (C=O) groups is 1. The molecule has 0 fully saturated rings. The Kier molecular flexibility index (Phi) is 5.72. The van der Waals surface area contributed by atoms with Crippen LogP contribution in [0.15, 0.2) is 18.2 Å². The first-order chi connectivity index (χ1) is 8.40. The molecule has 4 nitrogen and oxygen atoms in total. The first kappa shape index (κ1) is 15.1. The second-order valence-corrected chi connectivity index (χ2v) is 5.11. The van der Waals surface area contributed by atoms with Crippen molar-refractivity contribution in [1.29, 1.82) is 0 Å². The predicted molar refractivity (Wildman–Crippen MR) is 74.3 cm³/mol. The predicted octanol–water partition coefficient (Wildman–Crippen LogP) is 3.13. The van der Waals surface area contributed by atoms with Gasteiger partial charge in [0.2, 0.25) is 0 Å². The van der Waals surface area contributed by atoms with E-state index in [2.05, 4.69) is 10.6 Å². The van der Waals surface area contributed by atoms with E-state index in [1.165, 1.54) is 0 Å². The summed E-state index contributed by atoms with van der Waals surface area (Å²) in [5.74, 6) is 0.0834. The number of nitrogens with one attached hydrogen (secondary N) is 2. The van der Waals surface area contributed by atoms with Crippen LogP contribution in [-0.2, 0) is 0 Å². The Labute approximate surface area is 116 Å². The van der Waals surface area contributed by atoms with Crippen molar-refractivity contribution >= 4 is 34.9 Å². The second kappa shape index (κ2) is 6.83. The zero-order valence-corrected chi connectivity index (χ0v) is 11.7. The first-order valence-electron chi connectivity index (χ1n) is 5.58. The maximum atomic E-state index is 11.6. The zero-order chi connectivity index (χ0) is 13.7. The zero-order valence-electron chi connectivity index (χ0n) is 10.2. The van der Waals surface area contributed by atoms with Crippen molar-refractivity contribution in [3.8, 4) is 0 Å². The largest absolute Gasteiger partial charge is 0.391 e. The lowest BCUT2D eigenvalue weighted by Crippen LogP contribution is -2.37. The fourth-order valence-corrected chi connectivity index (χ4v) is 1.53. The number of amides is 2. The van der Waals surface area contributed by atoms with Gasteiger partial charge in [-0.3, -0.25) is 0 Å². The normalized spacial score (nSPS) is 12.3. The summed E-state index contributed by atoms with van der Waals surface area (Å²) in [7, 11) is 0. The minimum Gasteiger partial charge on any atom is -0.391 e. The third-order valence-corrected chi connectivity index (χ3v) is 2.98. The van der Waals surface area contributed by atoms with Crippen LogP contribution >= 0.6 is 23.2 Å². The lowest BCUT2D eigenvalue weighted by Gasteiger charge is -2.15. The first-order valence-corrected chi connectivity index (χ1v) is 6.33. The van der Waals surface area contributed by atoms with Gasteiger partial charge in [-0.25, -0.2) is 4.79 Å². The highest BCUT2D eigenvalue weighted by atomic mass is 35.5. The van der Waals surface area contributed by atoms with Gasteiger partial charge >= 0.3 is 6.03 Å². The molecule has 1 rings (SSSR count). The smallest absolute Gasteiger partial charge is 0.319 e. The van der Waals surface area contributed by atoms with E-state index in [1.54, 1.807) is 18.2 Å². The van der Waals surface area contributed by atoms with Crippen molar-refractivity contribution in [3.05, 3.63) is 28.2 Å². The highest BCUT2D eigenvalue weighted by molar-refractivity contribution is 6.35. The van der Waals surface area contributed by atoms with E-state index in [1.807, 2.05) is 13.8 Å². The van der Waals surface area contributed by atoms with Crippen molar-refractivity contribution in [2.75, 3.05) is 11.9 Å². The highest BCUT2D eigenvalue weighted by Gasteiger charge is 2.11. The van der Waals surface area contributed by atoms with Gasteiger partial charge in [-0.15, -0.1) is 0 Å². The summed E-state index contributed by atoms with van der Waals surface area (Å²) in [4.78, 5) is 11.6. The average molecular weight is 291 g/mol. The van der Waals surface area contributed by atoms with Crippen LogP contribution in [0.3, 0.4) is 0 Å². The third-order valence-electron chi connectivity index (χ3n) is 2.42. The number of benzene rings is 1. The number of anilines is 1. The van der Waals surface area contributed by atoms with Crippen LogP contribution in [0, 0.1) is 5.92 Å². The summed E-state index contributed by atoms with van der Waals surface area (Å²) in [6, 6.07) is 4.36. The molecule has 0 aliphatic carbocycles. The minimum atomic E-state index is -0.578. The van der Waals surface area contributed by atoms with E-state index < -0.39 is 12.1 Å². The van der Waals surface area contributed by atoms with Gasteiger partial charge in [-0.05, 0) is 24.1 Å². The summed E-state index contributed by atoms with van der Waals surface area (Å²) >= 11 is 11.7. The Hall–Kier alpha value is -0.970. The monoisotopic (exact) mass is 290 g/mol. The van der Waals surface area contributed by atoms with Crippen LogP contribution in [0.2, 0.25) is 10.0 Å². The fourth-order valence-electron chi connectivity index (χ4n) is 1.19. The van der Waals surface area contributed by atoms with Crippen molar-refractivity contribution in [3.63, 3.8) is 0 Å². The van der Waals surface area contributed by atoms with E-state index in [9.17, 15) is 9.90 Å². The molecule has 0 spiro atoms. The summed E-state index contributed by atoms with van der Waals surface area (Å²) in [5.41, 5.74) is 0.431. The number of hydrogen-bond donors (Lipinski definition) is 3. The molecule has 1 unspecified atom stereocenters. The molecule has 0 bridgehead atoms. The lowest BCUT2D eigenvalue weighted by atomic mass is 10.1. The van der Waals surface area contributed by atoms with Crippen molar-refractivity contribution in [2.24, 2.45) is 5.92 Å². The number of aliphatic hydroxyl groups is 1. The highest BCUT2D eigenvalue weighted by Crippen LogP contribution is 2.25.